The lowest BCUT2D eigenvalue weighted by atomic mass is 9.92. The van der Waals surface area contributed by atoms with Crippen molar-refractivity contribution in [1.29, 1.82) is 0 Å². The molecule has 0 aliphatic carbocycles. The summed E-state index contributed by atoms with van der Waals surface area (Å²) in [7, 11) is 4.89. The number of anilines is 1. The lowest BCUT2D eigenvalue weighted by Crippen LogP contribution is -2.28. The molecule has 28 heavy (non-hydrogen) atoms. The van der Waals surface area contributed by atoms with Crippen LogP contribution in [0.5, 0.6) is 17.2 Å². The molecule has 2 heterocycles. The van der Waals surface area contributed by atoms with E-state index in [1.807, 2.05) is 28.9 Å². The highest BCUT2D eigenvalue weighted by molar-refractivity contribution is 9.10. The summed E-state index contributed by atoms with van der Waals surface area (Å²) in [4.78, 5) is 4.39. The molecule has 0 fully saturated rings. The molecule has 0 bridgehead atoms. The zero-order valence-electron chi connectivity index (χ0n) is 15.8. The summed E-state index contributed by atoms with van der Waals surface area (Å²) in [5.74, 6) is 2.72. The Hall–Kier alpha value is -2.74. The van der Waals surface area contributed by atoms with Crippen LogP contribution in [0, 0.1) is 0 Å². The fraction of sp³-hybridized carbons (Fsp3) is 0.300. The van der Waals surface area contributed by atoms with Gasteiger partial charge in [-0.15, -0.1) is 0 Å². The molecule has 3 aromatic rings. The minimum atomic E-state index is -0.0718. The van der Waals surface area contributed by atoms with Crippen molar-refractivity contribution >= 4 is 21.9 Å². The van der Waals surface area contributed by atoms with Crippen molar-refractivity contribution in [1.82, 2.24) is 14.8 Å². The largest absolute Gasteiger partial charge is 0.496 e. The van der Waals surface area contributed by atoms with E-state index in [4.69, 9.17) is 14.2 Å². The van der Waals surface area contributed by atoms with Gasteiger partial charge in [-0.2, -0.15) is 10.1 Å². The Bertz CT molecular complexity index is 991. The third-order valence-electron chi connectivity index (χ3n) is 4.98. The molecule has 1 aliphatic heterocycles. The van der Waals surface area contributed by atoms with E-state index in [0.29, 0.717) is 11.5 Å². The molecular weight excluding hydrogens is 424 g/mol. The standard InChI is InChI=1S/C20H21BrN4O3/c1-26-17-10-19(28-3)18(27-2)8-14(17)16-9-15(12-5-4-6-13(21)7-12)24-20-22-11-23-25(16)20/h4-8,10-11,15-16H,9H2,1-3H3,(H,22,23,24)/t15-,16-/m0/s1. The van der Waals surface area contributed by atoms with Crippen molar-refractivity contribution in [2.24, 2.45) is 0 Å². The van der Waals surface area contributed by atoms with Crippen molar-refractivity contribution in [3.8, 4) is 17.2 Å². The molecule has 0 saturated heterocycles. The number of methoxy groups -OCH3 is 3. The molecule has 1 aliphatic rings. The van der Waals surface area contributed by atoms with Gasteiger partial charge in [-0.25, -0.2) is 4.68 Å². The first-order valence-electron chi connectivity index (χ1n) is 8.86. The lowest BCUT2D eigenvalue weighted by molar-refractivity contribution is 0.341. The molecule has 0 spiro atoms. The summed E-state index contributed by atoms with van der Waals surface area (Å²) >= 11 is 3.56. The number of rotatable bonds is 5. The van der Waals surface area contributed by atoms with E-state index >= 15 is 0 Å². The summed E-state index contributed by atoms with van der Waals surface area (Å²) < 4.78 is 19.5. The second-order valence-electron chi connectivity index (χ2n) is 6.48. The highest BCUT2D eigenvalue weighted by Gasteiger charge is 2.32. The average molecular weight is 445 g/mol. The Balaban J connectivity index is 1.80. The second-order valence-corrected chi connectivity index (χ2v) is 7.40. The smallest absolute Gasteiger partial charge is 0.222 e. The van der Waals surface area contributed by atoms with Crippen molar-refractivity contribution in [3.63, 3.8) is 0 Å². The number of fused-ring (bicyclic) bond motifs is 1. The maximum absolute atomic E-state index is 5.67. The van der Waals surface area contributed by atoms with Crippen LogP contribution in [0.25, 0.3) is 0 Å². The first kappa shape index (κ1) is 18.6. The van der Waals surface area contributed by atoms with Gasteiger partial charge in [-0.1, -0.05) is 28.1 Å². The summed E-state index contributed by atoms with van der Waals surface area (Å²) in [5, 5.41) is 7.92. The lowest BCUT2D eigenvalue weighted by Gasteiger charge is -2.32. The van der Waals surface area contributed by atoms with Crippen molar-refractivity contribution in [2.75, 3.05) is 26.6 Å². The molecule has 8 heteroatoms. The molecule has 2 aromatic carbocycles. The number of hydrogen-bond acceptors (Lipinski definition) is 6. The molecule has 7 nitrogen and oxygen atoms in total. The fourth-order valence-corrected chi connectivity index (χ4v) is 4.05. The van der Waals surface area contributed by atoms with E-state index < -0.39 is 0 Å². The van der Waals surface area contributed by atoms with Crippen molar-refractivity contribution in [2.45, 2.75) is 18.5 Å². The quantitative estimate of drug-likeness (QED) is 0.635. The first-order valence-corrected chi connectivity index (χ1v) is 9.65. The predicted molar refractivity (Wildman–Crippen MR) is 109 cm³/mol. The molecule has 1 N–H and O–H groups in total. The highest BCUT2D eigenvalue weighted by Crippen LogP contribution is 2.44. The first-order chi connectivity index (χ1) is 13.6. The van der Waals surface area contributed by atoms with Crippen LogP contribution in [-0.2, 0) is 0 Å². The average Bonchev–Trinajstić information content (AvgIpc) is 3.20. The van der Waals surface area contributed by atoms with Gasteiger partial charge in [0.1, 0.15) is 12.1 Å². The van der Waals surface area contributed by atoms with Crippen molar-refractivity contribution < 1.29 is 14.2 Å². The predicted octanol–water partition coefficient (Wildman–Crippen LogP) is 4.21. The van der Waals surface area contributed by atoms with Gasteiger partial charge in [0.05, 0.1) is 33.4 Å². The van der Waals surface area contributed by atoms with Crippen LogP contribution in [-0.4, -0.2) is 36.1 Å². The number of halogens is 1. The molecule has 0 amide bonds. The Morgan fingerprint density at radius 1 is 1.04 bits per heavy atom. The Morgan fingerprint density at radius 2 is 1.79 bits per heavy atom. The molecular formula is C20H21BrN4O3. The summed E-state index contributed by atoms with van der Waals surface area (Å²) in [6.45, 7) is 0. The molecule has 146 valence electrons. The second kappa shape index (κ2) is 7.71. The van der Waals surface area contributed by atoms with Crippen LogP contribution in [0.4, 0.5) is 5.95 Å². The highest BCUT2D eigenvalue weighted by atomic mass is 79.9. The third kappa shape index (κ3) is 3.28. The van der Waals surface area contributed by atoms with E-state index in [2.05, 4.69) is 43.5 Å². The Kier molecular flexibility index (Phi) is 5.13. The van der Waals surface area contributed by atoms with Crippen LogP contribution in [0.15, 0.2) is 47.2 Å². The normalized spacial score (nSPS) is 18.1. The number of aromatic nitrogens is 3. The maximum atomic E-state index is 5.67. The Morgan fingerprint density at radius 3 is 2.50 bits per heavy atom. The van der Waals surface area contributed by atoms with Crippen molar-refractivity contribution in [3.05, 3.63) is 58.3 Å². The van der Waals surface area contributed by atoms with Gasteiger partial charge in [-0.05, 0) is 30.2 Å². The number of ether oxygens (including phenoxy) is 3. The fourth-order valence-electron chi connectivity index (χ4n) is 3.63. The van der Waals surface area contributed by atoms with Crippen LogP contribution in [0.3, 0.4) is 0 Å². The number of hydrogen-bond donors (Lipinski definition) is 1. The van der Waals surface area contributed by atoms with Crippen LogP contribution >= 0.6 is 15.9 Å². The molecule has 0 radical (unpaired) electrons. The van der Waals surface area contributed by atoms with Crippen LogP contribution in [0.2, 0.25) is 0 Å². The summed E-state index contributed by atoms with van der Waals surface area (Å²) in [6, 6.07) is 12.1. The van der Waals surface area contributed by atoms with E-state index in [-0.39, 0.29) is 12.1 Å². The topological polar surface area (TPSA) is 70.4 Å². The zero-order valence-corrected chi connectivity index (χ0v) is 17.4. The maximum Gasteiger partial charge on any atom is 0.222 e. The van der Waals surface area contributed by atoms with Crippen LogP contribution < -0.4 is 19.5 Å². The molecule has 0 unspecified atom stereocenters. The van der Waals surface area contributed by atoms with Gasteiger partial charge in [0.25, 0.3) is 0 Å². The van der Waals surface area contributed by atoms with Gasteiger partial charge in [0, 0.05) is 16.1 Å². The van der Waals surface area contributed by atoms with Gasteiger partial charge < -0.3 is 19.5 Å². The molecule has 2 atom stereocenters. The summed E-state index contributed by atoms with van der Waals surface area (Å²) in [6.07, 6.45) is 2.34. The third-order valence-corrected chi connectivity index (χ3v) is 5.47. The van der Waals surface area contributed by atoms with Gasteiger partial charge in [0.2, 0.25) is 5.95 Å². The number of benzene rings is 2. The number of nitrogens with one attached hydrogen (secondary N) is 1. The molecule has 0 saturated carbocycles. The minimum Gasteiger partial charge on any atom is -0.496 e. The van der Waals surface area contributed by atoms with E-state index in [9.17, 15) is 0 Å². The van der Waals surface area contributed by atoms with E-state index in [1.54, 1.807) is 27.7 Å². The van der Waals surface area contributed by atoms with Gasteiger partial charge in [-0.3, -0.25) is 0 Å². The minimum absolute atomic E-state index is 0.0718. The number of nitrogens with zero attached hydrogens (tertiary/aromatic N) is 3. The van der Waals surface area contributed by atoms with E-state index in [1.165, 1.54) is 5.56 Å². The molecule has 4 rings (SSSR count). The summed E-state index contributed by atoms with van der Waals surface area (Å²) in [5.41, 5.74) is 2.14. The Labute approximate surface area is 171 Å². The van der Waals surface area contributed by atoms with E-state index in [0.717, 1.165) is 28.2 Å². The monoisotopic (exact) mass is 444 g/mol. The SMILES string of the molecule is COc1cc(OC)c([C@@H]2C[C@@H](c3cccc(Br)c3)Nc3ncnn32)cc1OC. The van der Waals surface area contributed by atoms with Gasteiger partial charge >= 0.3 is 0 Å². The zero-order chi connectivity index (χ0) is 19.7. The van der Waals surface area contributed by atoms with Crippen LogP contribution in [0.1, 0.15) is 29.6 Å². The molecule has 1 aromatic heterocycles. The van der Waals surface area contributed by atoms with Gasteiger partial charge in [0.15, 0.2) is 11.5 Å².